The molecule has 1 unspecified atom stereocenters. The fraction of sp³-hybridized carbons (Fsp3) is 0.897. The largest absolute Gasteiger partial charge is 0.454 e. The minimum Gasteiger partial charge on any atom is -0.454 e. The number of aliphatic hydroxyl groups is 1. The molecule has 4 rings (SSSR count). The van der Waals surface area contributed by atoms with Gasteiger partial charge in [0.05, 0.1) is 18.3 Å². The Hall–Kier alpha value is -0.693. The lowest BCUT2D eigenvalue weighted by atomic mass is 9.43. The molecule has 1 saturated heterocycles. The van der Waals surface area contributed by atoms with E-state index in [1.807, 2.05) is 0 Å². The SMILES string of the molecule is CC[Si](CC)(CC)O[C@H]1C[C@H]2OC[C@@]2(OC(C)=O)C2[C@H](C)[C@]3(O)CCC(C)=C(CC[C@@]21C)C3(C)C. The van der Waals surface area contributed by atoms with Crippen LogP contribution in [0.5, 0.6) is 0 Å². The van der Waals surface area contributed by atoms with Crippen molar-refractivity contribution >= 4 is 14.3 Å². The van der Waals surface area contributed by atoms with Crippen LogP contribution in [0.15, 0.2) is 11.1 Å². The van der Waals surface area contributed by atoms with Crippen LogP contribution in [0.3, 0.4) is 0 Å². The maximum Gasteiger partial charge on any atom is 0.303 e. The second-order valence-electron chi connectivity index (χ2n) is 13.0. The Labute approximate surface area is 214 Å². The number of rotatable bonds is 6. The molecule has 2 saturated carbocycles. The monoisotopic (exact) mass is 506 g/mol. The molecule has 4 aliphatic rings. The van der Waals surface area contributed by atoms with Gasteiger partial charge in [-0.1, -0.05) is 59.6 Å². The smallest absolute Gasteiger partial charge is 0.303 e. The molecule has 200 valence electrons. The van der Waals surface area contributed by atoms with Gasteiger partial charge in [0.15, 0.2) is 13.9 Å². The first-order valence-corrected chi connectivity index (χ1v) is 16.7. The van der Waals surface area contributed by atoms with Crippen molar-refractivity contribution in [2.75, 3.05) is 6.61 Å². The van der Waals surface area contributed by atoms with E-state index in [1.165, 1.54) is 18.1 Å². The molecule has 0 aromatic rings. The summed E-state index contributed by atoms with van der Waals surface area (Å²) >= 11 is 0. The molecule has 0 aromatic carbocycles. The molecule has 35 heavy (non-hydrogen) atoms. The molecule has 6 heteroatoms. The standard InChI is InChI=1S/C29H50O5Si/c1-10-35(11-2,12-3)34-23-17-24-28(18-32-24,33-21(6)30)25-20(5)29(31)16-13-19(4)22(26(29,7)8)14-15-27(23,25)9/h20,23-25,31H,10-18H2,1-9H3/t20-,23-,24+,25?,27+,28-,29+/m0/s1. The number of esters is 1. The van der Waals surface area contributed by atoms with Gasteiger partial charge < -0.3 is 19.0 Å². The Balaban J connectivity index is 1.89. The van der Waals surface area contributed by atoms with Crippen LogP contribution in [0.4, 0.5) is 0 Å². The summed E-state index contributed by atoms with van der Waals surface area (Å²) in [7, 11) is -1.89. The summed E-state index contributed by atoms with van der Waals surface area (Å²) in [6.45, 7) is 20.1. The minimum atomic E-state index is -1.89. The number of hydrogen-bond acceptors (Lipinski definition) is 5. The fourth-order valence-corrected chi connectivity index (χ4v) is 12.0. The molecule has 7 atom stereocenters. The number of fused-ring (bicyclic) bond motifs is 5. The lowest BCUT2D eigenvalue weighted by molar-refractivity contribution is -0.342. The van der Waals surface area contributed by atoms with E-state index in [2.05, 4.69) is 55.4 Å². The van der Waals surface area contributed by atoms with E-state index in [0.717, 1.165) is 50.2 Å². The maximum absolute atomic E-state index is 12.6. The van der Waals surface area contributed by atoms with Gasteiger partial charge in [0.2, 0.25) is 0 Å². The zero-order chi connectivity index (χ0) is 26.0. The molecule has 1 aliphatic heterocycles. The zero-order valence-corrected chi connectivity index (χ0v) is 24.8. The molecule has 2 bridgehead atoms. The first-order chi connectivity index (χ1) is 16.3. The molecule has 0 aromatic heterocycles. The number of hydrogen-bond donors (Lipinski definition) is 1. The summed E-state index contributed by atoms with van der Waals surface area (Å²) in [5.41, 5.74) is 0.763. The summed E-state index contributed by atoms with van der Waals surface area (Å²) in [6, 6.07) is 3.32. The summed E-state index contributed by atoms with van der Waals surface area (Å²) in [5.74, 6) is -0.345. The molecule has 0 spiro atoms. The number of allylic oxidation sites excluding steroid dienone is 1. The van der Waals surface area contributed by atoms with Gasteiger partial charge in [-0.2, -0.15) is 0 Å². The van der Waals surface area contributed by atoms with Crippen LogP contribution in [-0.2, 0) is 18.7 Å². The van der Waals surface area contributed by atoms with Crippen molar-refractivity contribution in [3.8, 4) is 0 Å². The second kappa shape index (κ2) is 8.95. The first-order valence-electron chi connectivity index (χ1n) is 14.2. The highest BCUT2D eigenvalue weighted by Gasteiger charge is 2.72. The van der Waals surface area contributed by atoms with Crippen LogP contribution >= 0.6 is 0 Å². The Bertz CT molecular complexity index is 870. The summed E-state index contributed by atoms with van der Waals surface area (Å²) in [5, 5.41) is 12.6. The van der Waals surface area contributed by atoms with Crippen molar-refractivity contribution in [2.24, 2.45) is 22.7 Å². The van der Waals surface area contributed by atoms with Crippen LogP contribution in [0, 0.1) is 22.7 Å². The van der Waals surface area contributed by atoms with Gasteiger partial charge in [-0.3, -0.25) is 4.79 Å². The van der Waals surface area contributed by atoms with E-state index >= 15 is 0 Å². The van der Waals surface area contributed by atoms with Gasteiger partial charge in [-0.25, -0.2) is 0 Å². The Morgan fingerprint density at radius 3 is 2.26 bits per heavy atom. The van der Waals surface area contributed by atoms with Crippen molar-refractivity contribution in [2.45, 2.75) is 136 Å². The molecule has 1 heterocycles. The first kappa shape index (κ1) is 27.3. The predicted molar refractivity (Wildman–Crippen MR) is 142 cm³/mol. The van der Waals surface area contributed by atoms with Gasteiger partial charge in [-0.05, 0) is 56.7 Å². The van der Waals surface area contributed by atoms with Crippen molar-refractivity contribution in [3.63, 3.8) is 0 Å². The summed E-state index contributed by atoms with van der Waals surface area (Å²) in [4.78, 5) is 12.5. The van der Waals surface area contributed by atoms with E-state index in [9.17, 15) is 9.90 Å². The topological polar surface area (TPSA) is 65.0 Å². The molecule has 1 N–H and O–H groups in total. The molecule has 3 aliphatic carbocycles. The highest BCUT2D eigenvalue weighted by molar-refractivity contribution is 6.73. The molecule has 0 radical (unpaired) electrons. The normalized spacial score (nSPS) is 42.8. The Kier molecular flexibility index (Phi) is 7.00. The van der Waals surface area contributed by atoms with E-state index in [4.69, 9.17) is 13.9 Å². The Morgan fingerprint density at radius 2 is 1.74 bits per heavy atom. The van der Waals surface area contributed by atoms with Crippen molar-refractivity contribution in [3.05, 3.63) is 11.1 Å². The minimum absolute atomic E-state index is 0.0297. The van der Waals surface area contributed by atoms with Crippen LogP contribution in [0.1, 0.15) is 94.4 Å². The molecular weight excluding hydrogens is 456 g/mol. The average Bonchev–Trinajstić information content (AvgIpc) is 2.79. The van der Waals surface area contributed by atoms with Crippen LogP contribution in [0.2, 0.25) is 18.1 Å². The Morgan fingerprint density at radius 1 is 1.11 bits per heavy atom. The van der Waals surface area contributed by atoms with Crippen LogP contribution < -0.4 is 0 Å². The third kappa shape index (κ3) is 3.75. The van der Waals surface area contributed by atoms with Gasteiger partial charge in [-0.15, -0.1) is 0 Å². The van der Waals surface area contributed by atoms with E-state index in [1.54, 1.807) is 0 Å². The van der Waals surface area contributed by atoms with Gasteiger partial charge in [0, 0.05) is 30.1 Å². The second-order valence-corrected chi connectivity index (χ2v) is 17.7. The van der Waals surface area contributed by atoms with Crippen LogP contribution in [0.25, 0.3) is 0 Å². The lowest BCUT2D eigenvalue weighted by Crippen LogP contribution is -2.77. The summed E-state index contributed by atoms with van der Waals surface area (Å²) < 4.78 is 19.8. The molecule has 3 fully saturated rings. The molecule has 5 nitrogen and oxygen atoms in total. The van der Waals surface area contributed by atoms with E-state index < -0.39 is 19.5 Å². The highest BCUT2D eigenvalue weighted by atomic mass is 28.4. The lowest BCUT2D eigenvalue weighted by Gasteiger charge is -2.69. The van der Waals surface area contributed by atoms with Crippen molar-refractivity contribution in [1.29, 1.82) is 0 Å². The summed E-state index contributed by atoms with van der Waals surface area (Å²) in [6.07, 6.45) is 4.26. The number of carbonyl (C=O) groups excluding carboxylic acids is 1. The molecular formula is C29H50O5Si. The number of carbonyl (C=O) groups is 1. The zero-order valence-electron chi connectivity index (χ0n) is 23.8. The van der Waals surface area contributed by atoms with Crippen molar-refractivity contribution < 1.29 is 23.8 Å². The molecule has 0 amide bonds. The van der Waals surface area contributed by atoms with Gasteiger partial charge >= 0.3 is 5.97 Å². The fourth-order valence-electron chi connectivity index (χ4n) is 9.00. The third-order valence-electron chi connectivity index (χ3n) is 11.5. The van der Waals surface area contributed by atoms with Gasteiger partial charge in [0.1, 0.15) is 6.10 Å². The number of ether oxygens (including phenoxy) is 2. The quantitative estimate of drug-likeness (QED) is 0.256. The van der Waals surface area contributed by atoms with Crippen LogP contribution in [-0.4, -0.2) is 49.4 Å². The van der Waals surface area contributed by atoms with E-state index in [-0.39, 0.29) is 40.8 Å². The third-order valence-corrected chi connectivity index (χ3v) is 16.2. The predicted octanol–water partition coefficient (Wildman–Crippen LogP) is 6.40. The van der Waals surface area contributed by atoms with Crippen molar-refractivity contribution in [1.82, 2.24) is 0 Å². The van der Waals surface area contributed by atoms with E-state index in [0.29, 0.717) is 6.61 Å². The highest BCUT2D eigenvalue weighted by Crippen LogP contribution is 2.66. The maximum atomic E-state index is 12.6. The van der Waals surface area contributed by atoms with Gasteiger partial charge in [0.25, 0.3) is 0 Å². The average molecular weight is 507 g/mol.